The first kappa shape index (κ1) is 56.9. The number of rotatable bonds is 43. The van der Waals surface area contributed by atoms with Crippen LogP contribution >= 0.6 is 0 Å². The molecular formula is C47H90O12S. The first-order chi connectivity index (χ1) is 29.1. The summed E-state index contributed by atoms with van der Waals surface area (Å²) >= 11 is 0. The van der Waals surface area contributed by atoms with Crippen molar-refractivity contribution >= 4 is 16.4 Å². The van der Waals surface area contributed by atoms with Gasteiger partial charge < -0.3 is 34.3 Å². The standard InChI is InChI=1S/C47H90O12S/c1-3-5-7-9-11-13-15-17-19-20-21-22-23-25-27-29-31-33-35-37-55-39-41(40-56-47-45(51)46(59-60(52,53)54)44(50)42(38-48)58-47)57-43(49)36-34-32-30-28-26-24-18-16-14-12-10-8-6-4-2/h16,18,41-42,44-48,50-51H,3-15,17,19-40H2,1-2H3,(H,52,53,54)/b18-16-. The Labute approximate surface area is 366 Å². The van der Waals surface area contributed by atoms with E-state index >= 15 is 0 Å². The number of aliphatic hydroxyl groups excluding tert-OH is 3. The summed E-state index contributed by atoms with van der Waals surface area (Å²) in [6.07, 6.45) is 33.9. The molecule has 0 bridgehead atoms. The van der Waals surface area contributed by atoms with Crippen LogP contribution in [-0.2, 0) is 38.3 Å². The van der Waals surface area contributed by atoms with Crippen molar-refractivity contribution in [1.29, 1.82) is 0 Å². The molecule has 0 saturated carbocycles. The second-order valence-electron chi connectivity index (χ2n) is 17.1. The molecule has 1 saturated heterocycles. The number of hydrogen-bond acceptors (Lipinski definition) is 11. The molecule has 0 amide bonds. The second-order valence-corrected chi connectivity index (χ2v) is 18.1. The van der Waals surface area contributed by atoms with Gasteiger partial charge in [-0.05, 0) is 38.5 Å². The van der Waals surface area contributed by atoms with Crippen LogP contribution in [0.15, 0.2) is 12.2 Å². The molecule has 0 aliphatic carbocycles. The van der Waals surface area contributed by atoms with Gasteiger partial charge in [-0.1, -0.05) is 187 Å². The van der Waals surface area contributed by atoms with E-state index in [1.165, 1.54) is 135 Å². The lowest BCUT2D eigenvalue weighted by atomic mass is 9.99. The molecule has 4 N–H and O–H groups in total. The number of aliphatic hydroxyl groups is 3. The lowest BCUT2D eigenvalue weighted by Crippen LogP contribution is -2.60. The summed E-state index contributed by atoms with van der Waals surface area (Å²) in [6.45, 7) is 4.01. The molecule has 60 heavy (non-hydrogen) atoms. The van der Waals surface area contributed by atoms with Crippen molar-refractivity contribution in [2.45, 2.75) is 256 Å². The van der Waals surface area contributed by atoms with Gasteiger partial charge >= 0.3 is 16.4 Å². The predicted octanol–water partition coefficient (Wildman–Crippen LogP) is 10.6. The maximum absolute atomic E-state index is 12.9. The highest BCUT2D eigenvalue weighted by Gasteiger charge is 2.48. The molecule has 6 atom stereocenters. The van der Waals surface area contributed by atoms with Crippen LogP contribution in [0, 0.1) is 0 Å². The lowest BCUT2D eigenvalue weighted by molar-refractivity contribution is -0.301. The third kappa shape index (κ3) is 32.5. The average molecular weight is 879 g/mol. The summed E-state index contributed by atoms with van der Waals surface area (Å²) in [5, 5.41) is 30.7. The monoisotopic (exact) mass is 879 g/mol. The van der Waals surface area contributed by atoms with Crippen molar-refractivity contribution in [3.05, 3.63) is 12.2 Å². The molecule has 0 aromatic heterocycles. The van der Waals surface area contributed by atoms with Gasteiger partial charge in [-0.25, -0.2) is 4.18 Å². The zero-order valence-corrected chi connectivity index (χ0v) is 38.9. The van der Waals surface area contributed by atoms with Crippen LogP contribution < -0.4 is 0 Å². The van der Waals surface area contributed by atoms with Crippen LogP contribution in [0.3, 0.4) is 0 Å². The average Bonchev–Trinajstić information content (AvgIpc) is 3.22. The summed E-state index contributed by atoms with van der Waals surface area (Å²) in [6, 6.07) is 0. The van der Waals surface area contributed by atoms with E-state index < -0.39 is 59.8 Å². The topological polar surface area (TPSA) is 178 Å². The van der Waals surface area contributed by atoms with E-state index in [1.807, 2.05) is 0 Å². The van der Waals surface area contributed by atoms with Gasteiger partial charge in [0.2, 0.25) is 0 Å². The molecule has 1 aliphatic heterocycles. The zero-order valence-electron chi connectivity index (χ0n) is 38.0. The Balaban J connectivity index is 2.37. The first-order valence-electron chi connectivity index (χ1n) is 24.4. The van der Waals surface area contributed by atoms with E-state index in [-0.39, 0.29) is 19.6 Å². The minimum atomic E-state index is -5.06. The number of allylic oxidation sites excluding steroid dienone is 2. The Morgan fingerprint density at radius 3 is 1.50 bits per heavy atom. The van der Waals surface area contributed by atoms with Crippen molar-refractivity contribution in [2.24, 2.45) is 0 Å². The fraction of sp³-hybridized carbons (Fsp3) is 0.936. The number of carbonyl (C=O) groups is 1. The van der Waals surface area contributed by atoms with E-state index in [1.54, 1.807) is 0 Å². The maximum Gasteiger partial charge on any atom is 0.397 e. The molecule has 1 heterocycles. The second kappa shape index (κ2) is 39.4. The summed E-state index contributed by atoms with van der Waals surface area (Å²) < 4.78 is 59.1. The summed E-state index contributed by atoms with van der Waals surface area (Å²) in [5.74, 6) is -0.404. The van der Waals surface area contributed by atoms with Gasteiger partial charge in [0, 0.05) is 13.0 Å². The van der Waals surface area contributed by atoms with Crippen LogP contribution in [0.25, 0.3) is 0 Å². The van der Waals surface area contributed by atoms with Crippen molar-refractivity contribution in [3.63, 3.8) is 0 Å². The molecule has 6 unspecified atom stereocenters. The maximum atomic E-state index is 12.9. The highest BCUT2D eigenvalue weighted by atomic mass is 32.3. The Hall–Kier alpha value is -1.16. The number of esters is 1. The lowest BCUT2D eigenvalue weighted by Gasteiger charge is -2.41. The fourth-order valence-corrected chi connectivity index (χ4v) is 8.18. The molecule has 356 valence electrons. The van der Waals surface area contributed by atoms with E-state index in [4.69, 9.17) is 23.5 Å². The molecule has 0 spiro atoms. The van der Waals surface area contributed by atoms with Gasteiger partial charge in [0.1, 0.15) is 30.5 Å². The fourth-order valence-electron chi connectivity index (χ4n) is 7.67. The van der Waals surface area contributed by atoms with Crippen LogP contribution in [0.1, 0.15) is 219 Å². The number of hydrogen-bond donors (Lipinski definition) is 4. The minimum Gasteiger partial charge on any atom is -0.457 e. The molecule has 1 aliphatic rings. The normalized spacial score (nSPS) is 20.3. The molecule has 0 radical (unpaired) electrons. The molecule has 1 rings (SSSR count). The molecular weight excluding hydrogens is 789 g/mol. The highest BCUT2D eigenvalue weighted by Crippen LogP contribution is 2.26. The molecule has 12 nitrogen and oxygen atoms in total. The van der Waals surface area contributed by atoms with Crippen molar-refractivity contribution in [3.8, 4) is 0 Å². The van der Waals surface area contributed by atoms with Crippen molar-refractivity contribution in [1.82, 2.24) is 0 Å². The molecule has 0 aromatic rings. The Bertz CT molecular complexity index is 1110. The summed E-state index contributed by atoms with van der Waals surface area (Å²) in [4.78, 5) is 12.9. The Kier molecular flexibility index (Phi) is 37.4. The number of ether oxygens (including phenoxy) is 4. The predicted molar refractivity (Wildman–Crippen MR) is 239 cm³/mol. The van der Waals surface area contributed by atoms with Gasteiger partial charge in [-0.2, -0.15) is 8.42 Å². The van der Waals surface area contributed by atoms with Crippen molar-refractivity contribution < 1.29 is 56.2 Å². The first-order valence-corrected chi connectivity index (χ1v) is 25.8. The Morgan fingerprint density at radius 1 is 0.617 bits per heavy atom. The third-order valence-corrected chi connectivity index (χ3v) is 11.9. The quantitative estimate of drug-likeness (QED) is 0.0197. The highest BCUT2D eigenvalue weighted by molar-refractivity contribution is 7.80. The number of carbonyl (C=O) groups excluding carboxylic acids is 1. The molecule has 0 aromatic carbocycles. The van der Waals surface area contributed by atoms with Gasteiger partial charge in [0.15, 0.2) is 6.29 Å². The number of unbranched alkanes of at least 4 members (excludes halogenated alkanes) is 28. The van der Waals surface area contributed by atoms with Gasteiger partial charge in [-0.15, -0.1) is 0 Å². The van der Waals surface area contributed by atoms with E-state index in [9.17, 15) is 28.5 Å². The SMILES string of the molecule is CCCCCCC/C=C\CCCCCCCC(=O)OC(COCCCCCCCCCCCCCCCCCCCCC)COC1OC(CO)C(O)C(OS(=O)(=O)O)C1O. The van der Waals surface area contributed by atoms with Crippen molar-refractivity contribution in [2.75, 3.05) is 26.4 Å². The third-order valence-electron chi connectivity index (χ3n) is 11.4. The smallest absolute Gasteiger partial charge is 0.397 e. The van der Waals surface area contributed by atoms with Gasteiger partial charge in [0.05, 0.1) is 19.8 Å². The van der Waals surface area contributed by atoms with Gasteiger partial charge in [-0.3, -0.25) is 9.35 Å². The van der Waals surface area contributed by atoms with E-state index in [2.05, 4.69) is 30.2 Å². The largest absolute Gasteiger partial charge is 0.457 e. The minimum absolute atomic E-state index is 0.0386. The summed E-state index contributed by atoms with van der Waals surface area (Å²) in [5.41, 5.74) is 0. The van der Waals surface area contributed by atoms with Crippen LogP contribution in [0.2, 0.25) is 0 Å². The Morgan fingerprint density at radius 2 is 1.05 bits per heavy atom. The van der Waals surface area contributed by atoms with Gasteiger partial charge in [0.25, 0.3) is 0 Å². The zero-order chi connectivity index (χ0) is 43.9. The van der Waals surface area contributed by atoms with Crippen LogP contribution in [0.5, 0.6) is 0 Å². The van der Waals surface area contributed by atoms with E-state index in [0.29, 0.717) is 13.0 Å². The molecule has 1 fully saturated rings. The van der Waals surface area contributed by atoms with Crippen LogP contribution in [0.4, 0.5) is 0 Å². The summed E-state index contributed by atoms with van der Waals surface area (Å²) in [7, 11) is -5.06. The van der Waals surface area contributed by atoms with E-state index in [0.717, 1.165) is 57.8 Å². The van der Waals surface area contributed by atoms with Crippen LogP contribution in [-0.4, -0.2) is 97.5 Å². The molecule has 13 heteroatoms.